The minimum atomic E-state index is -4.53. The molecule has 3 rings (SSSR count). The molecule has 11 heteroatoms. The van der Waals surface area contributed by atoms with Crippen molar-refractivity contribution in [2.24, 2.45) is 0 Å². The zero-order valence-electron chi connectivity index (χ0n) is 14.8. The Kier molecular flexibility index (Phi) is 5.85. The van der Waals surface area contributed by atoms with E-state index in [9.17, 15) is 27.2 Å². The van der Waals surface area contributed by atoms with Gasteiger partial charge in [0.1, 0.15) is 0 Å². The molecular formula is C18H16F4N4O3. The van der Waals surface area contributed by atoms with Gasteiger partial charge >= 0.3 is 12.2 Å². The molecule has 1 unspecified atom stereocenters. The van der Waals surface area contributed by atoms with Gasteiger partial charge in [-0.25, -0.2) is 14.2 Å². The van der Waals surface area contributed by atoms with Crippen LogP contribution in [0.2, 0.25) is 0 Å². The van der Waals surface area contributed by atoms with Gasteiger partial charge in [-0.3, -0.25) is 4.79 Å². The zero-order valence-corrected chi connectivity index (χ0v) is 14.8. The van der Waals surface area contributed by atoms with E-state index in [2.05, 4.69) is 20.9 Å². The van der Waals surface area contributed by atoms with E-state index in [1.54, 1.807) is 0 Å². The molecule has 29 heavy (non-hydrogen) atoms. The predicted molar refractivity (Wildman–Crippen MR) is 93.9 cm³/mol. The number of nitrogens with one attached hydrogen (secondary N) is 3. The molecule has 1 aromatic heterocycles. The molecule has 1 aliphatic rings. The van der Waals surface area contributed by atoms with E-state index in [1.807, 2.05) is 0 Å². The summed E-state index contributed by atoms with van der Waals surface area (Å²) in [6, 6.07) is 4.53. The number of amides is 3. The third kappa shape index (κ3) is 5.56. The SMILES string of the molecule is O=C1CCC(NC(=O)Nc2ccc(Oc3ccc(C(F)(F)F)cn3)c(F)c2)CN1. The minimum absolute atomic E-state index is 0.0800. The van der Waals surface area contributed by atoms with Gasteiger partial charge in [0.2, 0.25) is 11.8 Å². The molecule has 154 valence electrons. The molecule has 0 aliphatic carbocycles. The summed E-state index contributed by atoms with van der Waals surface area (Å²) in [6.07, 6.45) is -3.14. The number of piperidine rings is 1. The quantitative estimate of drug-likeness (QED) is 0.671. The molecule has 0 bridgehead atoms. The average molecular weight is 412 g/mol. The van der Waals surface area contributed by atoms with E-state index in [-0.39, 0.29) is 29.3 Å². The van der Waals surface area contributed by atoms with Crippen molar-refractivity contribution in [3.8, 4) is 11.6 Å². The molecule has 0 saturated carbocycles. The first kappa shape index (κ1) is 20.4. The molecule has 1 fully saturated rings. The van der Waals surface area contributed by atoms with Crippen molar-refractivity contribution in [3.63, 3.8) is 0 Å². The highest BCUT2D eigenvalue weighted by Gasteiger charge is 2.30. The lowest BCUT2D eigenvalue weighted by Crippen LogP contribution is -2.48. The Labute approximate surface area is 162 Å². The lowest BCUT2D eigenvalue weighted by Gasteiger charge is -2.23. The number of anilines is 1. The molecule has 2 heterocycles. The maximum atomic E-state index is 14.2. The summed E-state index contributed by atoms with van der Waals surface area (Å²) in [4.78, 5) is 26.6. The standard InChI is InChI=1S/C18H16F4N4O3/c19-13-7-11(25-17(28)26-12-3-5-15(27)23-9-12)2-4-14(13)29-16-6-1-10(8-24-16)18(20,21)22/h1-2,4,6-8,12H,3,5,9H2,(H,23,27)(H2,25,26,28). The number of aromatic nitrogens is 1. The van der Waals surface area contributed by atoms with Gasteiger partial charge < -0.3 is 20.7 Å². The first-order valence-corrected chi connectivity index (χ1v) is 8.55. The molecule has 3 N–H and O–H groups in total. The summed E-state index contributed by atoms with van der Waals surface area (Å²) in [5.41, 5.74) is -0.805. The van der Waals surface area contributed by atoms with Crippen molar-refractivity contribution in [2.45, 2.75) is 25.1 Å². The number of carbonyl (C=O) groups is 2. The van der Waals surface area contributed by atoms with Crippen LogP contribution in [0.25, 0.3) is 0 Å². The largest absolute Gasteiger partial charge is 0.436 e. The average Bonchev–Trinajstić information content (AvgIpc) is 2.65. The van der Waals surface area contributed by atoms with Crippen molar-refractivity contribution >= 4 is 17.6 Å². The predicted octanol–water partition coefficient (Wildman–Crippen LogP) is 3.43. The third-order valence-corrected chi connectivity index (χ3v) is 4.07. The van der Waals surface area contributed by atoms with Crippen LogP contribution in [-0.2, 0) is 11.0 Å². The van der Waals surface area contributed by atoms with Crippen LogP contribution in [0.4, 0.5) is 28.0 Å². The van der Waals surface area contributed by atoms with Gasteiger partial charge in [0, 0.05) is 43.0 Å². The first-order valence-electron chi connectivity index (χ1n) is 8.55. The van der Waals surface area contributed by atoms with Crippen LogP contribution in [0, 0.1) is 5.82 Å². The lowest BCUT2D eigenvalue weighted by atomic mass is 10.1. The van der Waals surface area contributed by atoms with Gasteiger partial charge in [-0.15, -0.1) is 0 Å². The summed E-state index contributed by atoms with van der Waals surface area (Å²) in [6.45, 7) is 0.313. The summed E-state index contributed by atoms with van der Waals surface area (Å²) >= 11 is 0. The van der Waals surface area contributed by atoms with Gasteiger partial charge in [-0.05, 0) is 24.6 Å². The fourth-order valence-corrected chi connectivity index (χ4v) is 2.59. The minimum Gasteiger partial charge on any atom is -0.436 e. The van der Waals surface area contributed by atoms with Crippen LogP contribution in [0.5, 0.6) is 11.6 Å². The summed E-state index contributed by atoms with van der Waals surface area (Å²) in [5, 5.41) is 7.74. The molecule has 1 aliphatic heterocycles. The number of benzene rings is 1. The number of carbonyl (C=O) groups excluding carboxylic acids is 2. The molecule has 1 atom stereocenters. The van der Waals surface area contributed by atoms with E-state index in [0.29, 0.717) is 25.6 Å². The monoisotopic (exact) mass is 412 g/mol. The van der Waals surface area contributed by atoms with E-state index in [4.69, 9.17) is 4.74 Å². The Morgan fingerprint density at radius 2 is 2.03 bits per heavy atom. The molecule has 1 saturated heterocycles. The van der Waals surface area contributed by atoms with Crippen LogP contribution in [0.3, 0.4) is 0 Å². The highest BCUT2D eigenvalue weighted by Crippen LogP contribution is 2.31. The molecule has 2 aromatic rings. The number of nitrogens with zero attached hydrogens (tertiary/aromatic N) is 1. The number of hydrogen-bond donors (Lipinski definition) is 3. The Bertz CT molecular complexity index is 893. The van der Waals surface area contributed by atoms with Crippen molar-refractivity contribution < 1.29 is 31.9 Å². The second-order valence-electron chi connectivity index (χ2n) is 6.27. The third-order valence-electron chi connectivity index (χ3n) is 4.07. The zero-order chi connectivity index (χ0) is 21.0. The maximum Gasteiger partial charge on any atom is 0.417 e. The number of ether oxygens (including phenoxy) is 1. The van der Waals surface area contributed by atoms with Crippen LogP contribution in [-0.4, -0.2) is 29.5 Å². The van der Waals surface area contributed by atoms with Gasteiger partial charge in [0.25, 0.3) is 0 Å². The number of urea groups is 1. The highest BCUT2D eigenvalue weighted by molar-refractivity contribution is 5.89. The summed E-state index contributed by atoms with van der Waals surface area (Å²) < 4.78 is 56.9. The van der Waals surface area contributed by atoms with Gasteiger partial charge in [-0.1, -0.05) is 0 Å². The molecular weight excluding hydrogens is 396 g/mol. The molecule has 3 amide bonds. The first-order chi connectivity index (χ1) is 13.7. The van der Waals surface area contributed by atoms with E-state index in [0.717, 1.165) is 18.2 Å². The van der Waals surface area contributed by atoms with Gasteiger partial charge in [-0.2, -0.15) is 13.2 Å². The Balaban J connectivity index is 1.58. The Morgan fingerprint density at radius 3 is 2.62 bits per heavy atom. The van der Waals surface area contributed by atoms with Gasteiger partial charge in [0.15, 0.2) is 11.6 Å². The lowest BCUT2D eigenvalue weighted by molar-refractivity contribution is -0.137. The topological polar surface area (TPSA) is 92.4 Å². The Morgan fingerprint density at radius 1 is 1.24 bits per heavy atom. The van der Waals surface area contributed by atoms with E-state index in [1.165, 1.54) is 12.1 Å². The fourth-order valence-electron chi connectivity index (χ4n) is 2.59. The second kappa shape index (κ2) is 8.33. The van der Waals surface area contributed by atoms with Crippen LogP contribution >= 0.6 is 0 Å². The fraction of sp³-hybridized carbons (Fsp3) is 0.278. The highest BCUT2D eigenvalue weighted by atomic mass is 19.4. The van der Waals surface area contributed by atoms with Crippen molar-refractivity contribution in [2.75, 3.05) is 11.9 Å². The molecule has 7 nitrogen and oxygen atoms in total. The normalized spacial score (nSPS) is 16.7. The second-order valence-corrected chi connectivity index (χ2v) is 6.27. The summed E-state index contributed by atoms with van der Waals surface area (Å²) in [5.74, 6) is -1.40. The van der Waals surface area contributed by atoms with E-state index < -0.39 is 23.6 Å². The molecule has 0 spiro atoms. The van der Waals surface area contributed by atoms with E-state index >= 15 is 0 Å². The maximum absolute atomic E-state index is 14.2. The number of rotatable bonds is 4. The summed E-state index contributed by atoms with van der Waals surface area (Å²) in [7, 11) is 0. The number of hydrogen-bond acceptors (Lipinski definition) is 4. The number of halogens is 4. The Hall–Kier alpha value is -3.37. The van der Waals surface area contributed by atoms with Crippen molar-refractivity contribution in [1.29, 1.82) is 0 Å². The molecule has 1 aromatic carbocycles. The smallest absolute Gasteiger partial charge is 0.417 e. The number of alkyl halides is 3. The van der Waals surface area contributed by atoms with Crippen LogP contribution in [0.15, 0.2) is 36.5 Å². The van der Waals surface area contributed by atoms with Crippen LogP contribution in [0.1, 0.15) is 18.4 Å². The van der Waals surface area contributed by atoms with Crippen LogP contribution < -0.4 is 20.7 Å². The van der Waals surface area contributed by atoms with Crippen molar-refractivity contribution in [1.82, 2.24) is 15.6 Å². The van der Waals surface area contributed by atoms with Gasteiger partial charge in [0.05, 0.1) is 5.56 Å². The molecule has 0 radical (unpaired) electrons. The number of pyridine rings is 1. The van der Waals surface area contributed by atoms with Crippen molar-refractivity contribution in [3.05, 3.63) is 47.9 Å².